The zero-order valence-corrected chi connectivity index (χ0v) is 12.6. The highest BCUT2D eigenvalue weighted by molar-refractivity contribution is 5.66. The molecule has 0 radical (unpaired) electrons. The molecular formula is C14H31NO2. The predicted molar refractivity (Wildman–Crippen MR) is 71.5 cm³/mol. The Balaban J connectivity index is 0. The summed E-state index contributed by atoms with van der Waals surface area (Å²) in [5, 5.41) is 9.59. The van der Waals surface area contributed by atoms with E-state index < -0.39 is 5.97 Å². The molecule has 0 aromatic rings. The van der Waals surface area contributed by atoms with Gasteiger partial charge in [-0.2, -0.15) is 0 Å². The van der Waals surface area contributed by atoms with Crippen LogP contribution in [0, 0.1) is 5.92 Å². The van der Waals surface area contributed by atoms with Crippen molar-refractivity contribution in [2.24, 2.45) is 5.92 Å². The number of carboxylic acid groups (broad SMARTS) is 1. The van der Waals surface area contributed by atoms with E-state index in [0.29, 0.717) is 0 Å². The fraction of sp³-hybridized carbons (Fsp3) is 0.929. The Morgan fingerprint density at radius 1 is 1.00 bits per heavy atom. The Bertz CT molecular complexity index is 174. The van der Waals surface area contributed by atoms with Crippen molar-refractivity contribution in [3.05, 3.63) is 0 Å². The van der Waals surface area contributed by atoms with Crippen LogP contribution in [0.2, 0.25) is 0 Å². The van der Waals surface area contributed by atoms with E-state index in [1.165, 1.54) is 43.4 Å². The van der Waals surface area contributed by atoms with Gasteiger partial charge in [0.1, 0.15) is 0 Å². The minimum absolute atomic E-state index is 0.343. The summed E-state index contributed by atoms with van der Waals surface area (Å²) in [5.74, 6) is -1.33. The van der Waals surface area contributed by atoms with Gasteiger partial charge < -0.3 is 14.4 Å². The van der Waals surface area contributed by atoms with Gasteiger partial charge >= 0.3 is 0 Å². The van der Waals surface area contributed by atoms with Crippen LogP contribution in [0.15, 0.2) is 0 Å². The van der Waals surface area contributed by atoms with Crippen molar-refractivity contribution >= 4 is 5.97 Å². The summed E-state index contributed by atoms with van der Waals surface area (Å²) >= 11 is 0. The molecule has 0 bridgehead atoms. The third kappa shape index (κ3) is 11.7. The number of quaternary nitrogens is 1. The maximum atomic E-state index is 9.59. The molecule has 0 rings (SSSR count). The Hall–Kier alpha value is -0.570. The van der Waals surface area contributed by atoms with Crippen LogP contribution in [0.25, 0.3) is 0 Å². The molecule has 0 aliphatic heterocycles. The number of aliphatic carboxylic acids is 1. The normalized spacial score (nSPS) is 11.0. The molecule has 0 amide bonds. The van der Waals surface area contributed by atoms with E-state index >= 15 is 0 Å². The number of carbonyl (C=O) groups excluding carboxylic acids is 1. The molecule has 0 unspecified atom stereocenters. The number of nitrogens with zero attached hydrogens (tertiary/aromatic N) is 1. The number of hydrogen-bond donors (Lipinski definition) is 0. The predicted octanol–water partition coefficient (Wildman–Crippen LogP) is 2.06. The average molecular weight is 245 g/mol. The van der Waals surface area contributed by atoms with E-state index in [9.17, 15) is 9.90 Å². The first-order valence-corrected chi connectivity index (χ1v) is 6.87. The molecule has 0 heterocycles. The number of hydrogen-bond acceptors (Lipinski definition) is 2. The van der Waals surface area contributed by atoms with Gasteiger partial charge in [0.25, 0.3) is 0 Å². The topological polar surface area (TPSA) is 40.1 Å². The fourth-order valence-electron chi connectivity index (χ4n) is 1.95. The van der Waals surface area contributed by atoms with Crippen LogP contribution in [0.5, 0.6) is 0 Å². The molecule has 0 aliphatic rings. The van der Waals surface area contributed by atoms with Gasteiger partial charge in [-0.1, -0.05) is 34.6 Å². The Morgan fingerprint density at radius 2 is 1.24 bits per heavy atom. The minimum atomic E-state index is -0.991. The van der Waals surface area contributed by atoms with Crippen LogP contribution in [0.3, 0.4) is 0 Å². The molecule has 0 aliphatic carbocycles. The monoisotopic (exact) mass is 245 g/mol. The molecule has 0 saturated heterocycles. The molecule has 0 fully saturated rings. The average Bonchev–Trinajstić information content (AvgIpc) is 2.19. The van der Waals surface area contributed by atoms with E-state index in [0.717, 1.165) is 0 Å². The smallest absolute Gasteiger partial charge is 0.0781 e. The van der Waals surface area contributed by atoms with E-state index in [-0.39, 0.29) is 5.92 Å². The van der Waals surface area contributed by atoms with Crippen LogP contribution in [-0.4, -0.2) is 37.1 Å². The van der Waals surface area contributed by atoms with Gasteiger partial charge in [-0.25, -0.2) is 0 Å². The third-order valence-electron chi connectivity index (χ3n) is 2.76. The van der Waals surface area contributed by atoms with Crippen molar-refractivity contribution in [3.63, 3.8) is 0 Å². The fourth-order valence-corrected chi connectivity index (χ4v) is 1.95. The Morgan fingerprint density at radius 3 is 1.35 bits per heavy atom. The number of carbonyl (C=O) groups is 1. The first-order valence-electron chi connectivity index (χ1n) is 6.87. The van der Waals surface area contributed by atoms with E-state index in [2.05, 4.69) is 27.8 Å². The van der Waals surface area contributed by atoms with E-state index in [4.69, 9.17) is 0 Å². The summed E-state index contributed by atoms with van der Waals surface area (Å²) in [7, 11) is 2.39. The molecule has 0 saturated carbocycles. The summed E-state index contributed by atoms with van der Waals surface area (Å²) in [5.41, 5.74) is 0. The molecular weight excluding hydrogens is 214 g/mol. The van der Waals surface area contributed by atoms with Gasteiger partial charge in [0.15, 0.2) is 0 Å². The molecule has 0 N–H and O–H groups in total. The SMILES string of the molecule is CC(C)C(=O)[O-].CCC[N+](C)(CCC)CCC. The third-order valence-corrected chi connectivity index (χ3v) is 2.76. The Kier molecular flexibility index (Phi) is 11.7. The lowest BCUT2D eigenvalue weighted by Gasteiger charge is -2.33. The van der Waals surface area contributed by atoms with Crippen LogP contribution < -0.4 is 5.11 Å². The lowest BCUT2D eigenvalue weighted by atomic mass is 10.2. The van der Waals surface area contributed by atoms with Gasteiger partial charge in [0.2, 0.25) is 0 Å². The molecule has 0 aromatic carbocycles. The van der Waals surface area contributed by atoms with Crippen LogP contribution in [0.1, 0.15) is 53.9 Å². The standard InChI is InChI=1S/C10H24N.C4H8O2/c1-5-8-11(4,9-6-2)10-7-3;1-3(2)4(5)6/h5-10H2,1-4H3;3H,1-2H3,(H,5,6)/q+1;/p-1. The molecule has 104 valence electrons. The molecule has 3 heteroatoms. The van der Waals surface area contributed by atoms with Crippen molar-refractivity contribution in [3.8, 4) is 0 Å². The zero-order valence-electron chi connectivity index (χ0n) is 12.6. The largest absolute Gasteiger partial charge is 0.550 e. The van der Waals surface area contributed by atoms with Crippen molar-refractivity contribution in [1.82, 2.24) is 0 Å². The zero-order chi connectivity index (χ0) is 13.9. The second-order valence-electron chi connectivity index (χ2n) is 5.26. The molecule has 3 nitrogen and oxygen atoms in total. The second kappa shape index (κ2) is 10.6. The van der Waals surface area contributed by atoms with E-state index in [1.807, 2.05) is 0 Å². The second-order valence-corrected chi connectivity index (χ2v) is 5.26. The highest BCUT2D eigenvalue weighted by Crippen LogP contribution is 2.06. The number of rotatable bonds is 7. The quantitative estimate of drug-likeness (QED) is 0.644. The van der Waals surface area contributed by atoms with Crippen LogP contribution in [-0.2, 0) is 4.79 Å². The maximum Gasteiger partial charge on any atom is 0.0781 e. The van der Waals surface area contributed by atoms with Gasteiger partial charge in [0, 0.05) is 5.97 Å². The summed E-state index contributed by atoms with van der Waals surface area (Å²) < 4.78 is 1.28. The maximum absolute atomic E-state index is 9.59. The van der Waals surface area contributed by atoms with Crippen LogP contribution >= 0.6 is 0 Å². The van der Waals surface area contributed by atoms with Gasteiger partial charge in [-0.3, -0.25) is 0 Å². The lowest BCUT2D eigenvalue weighted by Crippen LogP contribution is -2.45. The highest BCUT2D eigenvalue weighted by Gasteiger charge is 2.16. The summed E-state index contributed by atoms with van der Waals surface area (Å²) in [6.07, 6.45) is 3.95. The Labute approximate surface area is 107 Å². The number of carboxylic acids is 1. The van der Waals surface area contributed by atoms with Crippen molar-refractivity contribution in [2.45, 2.75) is 53.9 Å². The van der Waals surface area contributed by atoms with Crippen molar-refractivity contribution in [1.29, 1.82) is 0 Å². The summed E-state index contributed by atoms with van der Waals surface area (Å²) in [6.45, 7) is 14.0. The van der Waals surface area contributed by atoms with Gasteiger partial charge in [-0.15, -0.1) is 0 Å². The minimum Gasteiger partial charge on any atom is -0.550 e. The van der Waals surface area contributed by atoms with E-state index in [1.54, 1.807) is 13.8 Å². The van der Waals surface area contributed by atoms with Crippen molar-refractivity contribution < 1.29 is 14.4 Å². The van der Waals surface area contributed by atoms with Crippen molar-refractivity contribution in [2.75, 3.05) is 26.7 Å². The molecule has 0 spiro atoms. The summed E-state index contributed by atoms with van der Waals surface area (Å²) in [6, 6.07) is 0. The highest BCUT2D eigenvalue weighted by atomic mass is 16.4. The van der Waals surface area contributed by atoms with Gasteiger partial charge in [0.05, 0.1) is 26.7 Å². The lowest BCUT2D eigenvalue weighted by molar-refractivity contribution is -0.909. The first kappa shape index (κ1) is 18.8. The molecule has 0 aromatic heterocycles. The summed E-state index contributed by atoms with van der Waals surface area (Å²) in [4.78, 5) is 9.59. The van der Waals surface area contributed by atoms with Crippen LogP contribution in [0.4, 0.5) is 0 Å². The van der Waals surface area contributed by atoms with Gasteiger partial charge in [-0.05, 0) is 25.2 Å². The molecule has 17 heavy (non-hydrogen) atoms. The first-order chi connectivity index (χ1) is 7.82. The molecule has 0 atom stereocenters.